The molecule has 1 aromatic rings. The van der Waals surface area contributed by atoms with Crippen molar-refractivity contribution in [2.75, 3.05) is 0 Å². The number of nitrogens with one attached hydrogen (secondary N) is 1. The Kier molecular flexibility index (Phi) is 2.20. The van der Waals surface area contributed by atoms with Crippen LogP contribution in [-0.2, 0) is 9.31 Å². The molecule has 1 aliphatic carbocycles. The van der Waals surface area contributed by atoms with Crippen molar-refractivity contribution in [3.05, 3.63) is 5.69 Å². The van der Waals surface area contributed by atoms with Crippen LogP contribution in [0, 0.1) is 0 Å². The summed E-state index contributed by atoms with van der Waals surface area (Å²) in [5.41, 5.74) is 1.20. The summed E-state index contributed by atoms with van der Waals surface area (Å²) in [4.78, 5) is 0. The van der Waals surface area contributed by atoms with Crippen LogP contribution in [0.4, 0.5) is 0 Å². The van der Waals surface area contributed by atoms with Crippen molar-refractivity contribution in [3.63, 3.8) is 0 Å². The van der Waals surface area contributed by atoms with E-state index in [1.165, 1.54) is 12.8 Å². The summed E-state index contributed by atoms with van der Waals surface area (Å²) >= 11 is 0. The average Bonchev–Trinajstić information content (AvgIpc) is 2.88. The number of nitrogens with zero attached hydrogens (tertiary/aromatic N) is 2. The molecule has 1 saturated heterocycles. The highest BCUT2D eigenvalue weighted by Crippen LogP contribution is 2.40. The van der Waals surface area contributed by atoms with E-state index in [1.807, 2.05) is 27.7 Å². The number of rotatable bonds is 2. The van der Waals surface area contributed by atoms with Crippen molar-refractivity contribution < 1.29 is 9.31 Å². The lowest BCUT2D eigenvalue weighted by Gasteiger charge is -2.32. The smallest absolute Gasteiger partial charge is 0.398 e. The van der Waals surface area contributed by atoms with E-state index in [0.29, 0.717) is 5.92 Å². The largest absolute Gasteiger partial charge is 0.518 e. The SMILES string of the molecule is CC1(C)OB(c2n[nH]nc2C2CC2)OC1(C)C. The first kappa shape index (κ1) is 11.2. The van der Waals surface area contributed by atoms with E-state index in [9.17, 15) is 0 Å². The van der Waals surface area contributed by atoms with Crippen LogP contribution < -0.4 is 5.59 Å². The molecule has 6 heteroatoms. The molecule has 2 fully saturated rings. The molecule has 0 amide bonds. The first-order valence-electron chi connectivity index (χ1n) is 6.17. The predicted octanol–water partition coefficient (Wildman–Crippen LogP) is 0.981. The van der Waals surface area contributed by atoms with Gasteiger partial charge in [0.05, 0.1) is 16.9 Å². The fraction of sp³-hybridized carbons (Fsp3) is 0.818. The summed E-state index contributed by atoms with van der Waals surface area (Å²) < 4.78 is 12.0. The molecule has 0 spiro atoms. The lowest BCUT2D eigenvalue weighted by Crippen LogP contribution is -2.41. The van der Waals surface area contributed by atoms with E-state index in [4.69, 9.17) is 9.31 Å². The molecule has 1 N–H and O–H groups in total. The Bertz CT molecular complexity index is 424. The zero-order valence-corrected chi connectivity index (χ0v) is 10.8. The van der Waals surface area contributed by atoms with Crippen LogP contribution in [-0.4, -0.2) is 33.7 Å². The highest BCUT2D eigenvalue weighted by molar-refractivity contribution is 6.61. The van der Waals surface area contributed by atoms with Crippen molar-refractivity contribution in [2.24, 2.45) is 0 Å². The predicted molar refractivity (Wildman–Crippen MR) is 64.1 cm³/mol. The van der Waals surface area contributed by atoms with E-state index >= 15 is 0 Å². The van der Waals surface area contributed by atoms with Crippen molar-refractivity contribution in [1.82, 2.24) is 15.4 Å². The number of aromatic amines is 1. The van der Waals surface area contributed by atoms with Crippen LogP contribution in [0.25, 0.3) is 0 Å². The Labute approximate surface area is 101 Å². The summed E-state index contributed by atoms with van der Waals surface area (Å²) in [6.45, 7) is 8.18. The molecule has 1 aliphatic heterocycles. The third kappa shape index (κ3) is 1.70. The first-order chi connectivity index (χ1) is 7.91. The van der Waals surface area contributed by atoms with Crippen LogP contribution in [0.2, 0.25) is 0 Å². The molecule has 0 aromatic carbocycles. The van der Waals surface area contributed by atoms with Crippen molar-refractivity contribution in [2.45, 2.75) is 57.7 Å². The van der Waals surface area contributed by atoms with Gasteiger partial charge in [-0.15, -0.1) is 0 Å². The van der Waals surface area contributed by atoms with Crippen LogP contribution in [0.1, 0.15) is 52.1 Å². The third-order valence-electron chi connectivity index (χ3n) is 4.04. The van der Waals surface area contributed by atoms with Gasteiger partial charge in [0.1, 0.15) is 5.59 Å². The van der Waals surface area contributed by atoms with Gasteiger partial charge < -0.3 is 9.31 Å². The molecule has 2 aliphatic rings. The number of H-pyrrole nitrogens is 1. The molecule has 0 unspecified atom stereocenters. The van der Waals surface area contributed by atoms with Gasteiger partial charge in [-0.1, -0.05) is 0 Å². The van der Waals surface area contributed by atoms with Crippen LogP contribution >= 0.6 is 0 Å². The Morgan fingerprint density at radius 2 is 1.71 bits per heavy atom. The van der Waals surface area contributed by atoms with Crippen LogP contribution in [0.15, 0.2) is 0 Å². The highest BCUT2D eigenvalue weighted by atomic mass is 16.7. The standard InChI is InChI=1S/C11H18BN3O2/c1-10(2)11(3,4)17-12(16-10)9-8(7-5-6-7)13-15-14-9/h7H,5-6H2,1-4H3,(H,13,14,15). The maximum Gasteiger partial charge on any atom is 0.518 e. The van der Waals surface area contributed by atoms with Crippen molar-refractivity contribution in [1.29, 1.82) is 0 Å². The van der Waals surface area contributed by atoms with Gasteiger partial charge in [-0.05, 0) is 40.5 Å². The maximum atomic E-state index is 5.98. The van der Waals surface area contributed by atoms with Gasteiger partial charge in [0.25, 0.3) is 0 Å². The lowest BCUT2D eigenvalue weighted by molar-refractivity contribution is 0.00578. The minimum Gasteiger partial charge on any atom is -0.398 e. The Hall–Kier alpha value is -0.875. The summed E-state index contributed by atoms with van der Waals surface area (Å²) in [7, 11) is -0.394. The topological polar surface area (TPSA) is 60.0 Å². The Balaban J connectivity index is 1.89. The summed E-state index contributed by atoms with van der Waals surface area (Å²) in [5.74, 6) is 0.544. The molecule has 2 heterocycles. The zero-order valence-electron chi connectivity index (χ0n) is 10.8. The van der Waals surface area contributed by atoms with E-state index in [-0.39, 0.29) is 11.2 Å². The second-order valence-electron chi connectivity index (χ2n) is 5.96. The third-order valence-corrected chi connectivity index (χ3v) is 4.04. The van der Waals surface area contributed by atoms with E-state index in [0.717, 1.165) is 11.3 Å². The summed E-state index contributed by atoms with van der Waals surface area (Å²) in [5, 5.41) is 11.1. The highest BCUT2D eigenvalue weighted by Gasteiger charge is 2.54. The number of hydrogen-bond acceptors (Lipinski definition) is 4. The van der Waals surface area contributed by atoms with Crippen molar-refractivity contribution >= 4 is 12.7 Å². The second-order valence-corrected chi connectivity index (χ2v) is 5.96. The van der Waals surface area contributed by atoms with Gasteiger partial charge >= 0.3 is 7.12 Å². The second kappa shape index (κ2) is 3.33. The van der Waals surface area contributed by atoms with Gasteiger partial charge in [-0.3, -0.25) is 0 Å². The number of aromatic nitrogens is 3. The van der Waals surface area contributed by atoms with E-state index in [1.54, 1.807) is 0 Å². The van der Waals surface area contributed by atoms with Crippen LogP contribution in [0.5, 0.6) is 0 Å². The minimum atomic E-state index is -0.394. The number of hydrogen-bond donors (Lipinski definition) is 1. The summed E-state index contributed by atoms with van der Waals surface area (Å²) in [6.07, 6.45) is 2.39. The molecule has 1 saturated carbocycles. The fourth-order valence-corrected chi connectivity index (χ4v) is 2.03. The molecule has 17 heavy (non-hydrogen) atoms. The van der Waals surface area contributed by atoms with Gasteiger partial charge in [-0.2, -0.15) is 15.4 Å². The molecule has 5 nitrogen and oxygen atoms in total. The van der Waals surface area contributed by atoms with Gasteiger partial charge in [0.15, 0.2) is 0 Å². The van der Waals surface area contributed by atoms with E-state index in [2.05, 4.69) is 15.4 Å². The van der Waals surface area contributed by atoms with Gasteiger partial charge in [0, 0.05) is 5.92 Å². The minimum absolute atomic E-state index is 0.322. The van der Waals surface area contributed by atoms with E-state index < -0.39 is 7.12 Å². The monoisotopic (exact) mass is 235 g/mol. The molecule has 3 rings (SSSR count). The van der Waals surface area contributed by atoms with Gasteiger partial charge in [0.2, 0.25) is 0 Å². The fourth-order valence-electron chi connectivity index (χ4n) is 2.03. The first-order valence-corrected chi connectivity index (χ1v) is 6.17. The zero-order chi connectivity index (χ0) is 12.3. The quantitative estimate of drug-likeness (QED) is 0.776. The molecular formula is C11H18BN3O2. The molecule has 0 bridgehead atoms. The molecule has 0 atom stereocenters. The Morgan fingerprint density at radius 1 is 1.12 bits per heavy atom. The van der Waals surface area contributed by atoms with Crippen LogP contribution in [0.3, 0.4) is 0 Å². The van der Waals surface area contributed by atoms with Crippen molar-refractivity contribution in [3.8, 4) is 0 Å². The Morgan fingerprint density at radius 3 is 2.24 bits per heavy atom. The normalized spacial score (nSPS) is 26.5. The lowest BCUT2D eigenvalue weighted by atomic mass is 9.82. The molecule has 92 valence electrons. The van der Waals surface area contributed by atoms with Gasteiger partial charge in [-0.25, -0.2) is 0 Å². The molecule has 0 radical (unpaired) electrons. The molecular weight excluding hydrogens is 217 g/mol. The average molecular weight is 235 g/mol. The summed E-state index contributed by atoms with van der Waals surface area (Å²) in [6, 6.07) is 0. The maximum absolute atomic E-state index is 5.98. The molecule has 1 aromatic heterocycles.